The van der Waals surface area contributed by atoms with Crippen molar-refractivity contribution in [2.24, 2.45) is 5.73 Å². The predicted molar refractivity (Wildman–Crippen MR) is 105 cm³/mol. The van der Waals surface area contributed by atoms with Crippen LogP contribution in [0.25, 0.3) is 10.9 Å². The van der Waals surface area contributed by atoms with Gasteiger partial charge in [-0.15, -0.1) is 0 Å². The summed E-state index contributed by atoms with van der Waals surface area (Å²) in [6.45, 7) is 0. The molecule has 0 saturated carbocycles. The third-order valence-corrected chi connectivity index (χ3v) is 4.50. The van der Waals surface area contributed by atoms with E-state index in [2.05, 4.69) is 15.3 Å². The summed E-state index contributed by atoms with van der Waals surface area (Å²) in [7, 11) is 0. The molecule has 7 heteroatoms. The summed E-state index contributed by atoms with van der Waals surface area (Å²) >= 11 is 5.92. The molecule has 136 valence electrons. The first-order valence-corrected chi connectivity index (χ1v) is 8.81. The number of nitrogens with zero attached hydrogens (tertiary/aromatic N) is 1. The molecule has 6 nitrogen and oxygen atoms in total. The first-order chi connectivity index (χ1) is 13.1. The summed E-state index contributed by atoms with van der Waals surface area (Å²) in [5.41, 5.74) is 9.11. The number of aromatic nitrogens is 2. The maximum absolute atomic E-state index is 12.3. The van der Waals surface area contributed by atoms with E-state index in [1.807, 2.05) is 30.5 Å². The molecule has 2 heterocycles. The van der Waals surface area contributed by atoms with E-state index in [4.69, 9.17) is 21.8 Å². The third-order valence-electron chi connectivity index (χ3n) is 4.27. The minimum absolute atomic E-state index is 0.166. The lowest BCUT2D eigenvalue weighted by Gasteiger charge is -2.06. The van der Waals surface area contributed by atoms with Gasteiger partial charge in [0.2, 0.25) is 5.89 Å². The highest BCUT2D eigenvalue weighted by atomic mass is 35.5. The fraction of sp³-hybridized carbons (Fsp3) is 0.100. The van der Waals surface area contributed by atoms with Gasteiger partial charge in [-0.3, -0.25) is 4.79 Å². The SMILES string of the molecule is NC(Cc1c[nH]c2ccccc12)c1nc(C(=O)Nc2cccc(Cl)c2)co1. The number of para-hydroxylation sites is 1. The number of benzene rings is 2. The lowest BCUT2D eigenvalue weighted by molar-refractivity contribution is 0.102. The van der Waals surface area contributed by atoms with Crippen molar-refractivity contribution < 1.29 is 9.21 Å². The topological polar surface area (TPSA) is 96.9 Å². The number of halogens is 1. The van der Waals surface area contributed by atoms with Crippen molar-refractivity contribution in [1.82, 2.24) is 9.97 Å². The van der Waals surface area contributed by atoms with E-state index in [0.717, 1.165) is 16.5 Å². The molecular weight excluding hydrogens is 364 g/mol. The highest BCUT2D eigenvalue weighted by Crippen LogP contribution is 2.23. The van der Waals surface area contributed by atoms with E-state index in [1.165, 1.54) is 6.26 Å². The Balaban J connectivity index is 1.47. The number of amides is 1. The van der Waals surface area contributed by atoms with Crippen LogP contribution >= 0.6 is 11.6 Å². The quantitative estimate of drug-likeness (QED) is 0.480. The van der Waals surface area contributed by atoms with Crippen molar-refractivity contribution in [3.8, 4) is 0 Å². The lowest BCUT2D eigenvalue weighted by atomic mass is 10.1. The van der Waals surface area contributed by atoms with Gasteiger partial charge in [-0.1, -0.05) is 35.9 Å². The van der Waals surface area contributed by atoms with Gasteiger partial charge >= 0.3 is 0 Å². The number of hydrogen-bond acceptors (Lipinski definition) is 4. The van der Waals surface area contributed by atoms with E-state index in [-0.39, 0.29) is 11.6 Å². The number of carbonyl (C=O) groups is 1. The number of nitrogens with two attached hydrogens (primary N) is 1. The average molecular weight is 381 g/mol. The van der Waals surface area contributed by atoms with Crippen LogP contribution in [0.4, 0.5) is 5.69 Å². The van der Waals surface area contributed by atoms with Crippen molar-refractivity contribution in [3.63, 3.8) is 0 Å². The zero-order valence-corrected chi connectivity index (χ0v) is 15.0. The second-order valence-electron chi connectivity index (χ2n) is 6.21. The number of fused-ring (bicyclic) bond motifs is 1. The van der Waals surface area contributed by atoms with Crippen LogP contribution in [0.1, 0.15) is 28.0 Å². The Kier molecular flexibility index (Phi) is 4.66. The van der Waals surface area contributed by atoms with Gasteiger partial charge < -0.3 is 20.5 Å². The number of oxazole rings is 1. The Morgan fingerprint density at radius 1 is 1.26 bits per heavy atom. The van der Waals surface area contributed by atoms with E-state index in [0.29, 0.717) is 23.0 Å². The summed E-state index contributed by atoms with van der Waals surface area (Å²) in [4.78, 5) is 19.8. The molecule has 4 rings (SSSR count). The van der Waals surface area contributed by atoms with Gasteiger partial charge in [0.05, 0.1) is 6.04 Å². The lowest BCUT2D eigenvalue weighted by Crippen LogP contribution is -2.15. The summed E-state index contributed by atoms with van der Waals surface area (Å²) in [6.07, 6.45) is 3.78. The van der Waals surface area contributed by atoms with Gasteiger partial charge in [0.1, 0.15) is 6.26 Å². The average Bonchev–Trinajstić information content (AvgIpc) is 3.30. The molecule has 1 amide bonds. The Hall–Kier alpha value is -3.09. The van der Waals surface area contributed by atoms with Crippen molar-refractivity contribution in [2.75, 3.05) is 5.32 Å². The first-order valence-electron chi connectivity index (χ1n) is 8.43. The Bertz CT molecular complexity index is 1100. The number of H-pyrrole nitrogens is 1. The molecule has 27 heavy (non-hydrogen) atoms. The fourth-order valence-electron chi connectivity index (χ4n) is 2.95. The zero-order chi connectivity index (χ0) is 18.8. The van der Waals surface area contributed by atoms with Crippen LogP contribution in [-0.2, 0) is 6.42 Å². The van der Waals surface area contributed by atoms with E-state index >= 15 is 0 Å². The molecular formula is C20H17ClN4O2. The van der Waals surface area contributed by atoms with E-state index in [1.54, 1.807) is 24.3 Å². The molecule has 2 aromatic heterocycles. The standard InChI is InChI=1S/C20H17ClN4O2/c21-13-4-3-5-14(9-13)24-19(26)18-11-27-20(25-18)16(22)8-12-10-23-17-7-2-1-6-15(12)17/h1-7,9-11,16,23H,8,22H2,(H,24,26). The van der Waals surface area contributed by atoms with Crippen molar-refractivity contribution >= 4 is 34.1 Å². The molecule has 0 aliphatic rings. The van der Waals surface area contributed by atoms with Crippen LogP contribution in [0.15, 0.2) is 65.4 Å². The van der Waals surface area contributed by atoms with Gasteiger partial charge in [-0.2, -0.15) is 0 Å². The Labute approximate surface area is 160 Å². The monoisotopic (exact) mass is 380 g/mol. The molecule has 2 aromatic carbocycles. The molecule has 0 saturated heterocycles. The summed E-state index contributed by atoms with van der Waals surface area (Å²) < 4.78 is 5.44. The van der Waals surface area contributed by atoms with Crippen LogP contribution in [0.2, 0.25) is 5.02 Å². The van der Waals surface area contributed by atoms with Crippen molar-refractivity contribution in [1.29, 1.82) is 0 Å². The van der Waals surface area contributed by atoms with Crippen molar-refractivity contribution in [2.45, 2.75) is 12.5 Å². The van der Waals surface area contributed by atoms with Crippen LogP contribution in [0.5, 0.6) is 0 Å². The molecule has 1 unspecified atom stereocenters. The molecule has 0 spiro atoms. The maximum atomic E-state index is 12.3. The summed E-state index contributed by atoms with van der Waals surface area (Å²) in [6, 6.07) is 14.4. The number of nitrogens with one attached hydrogen (secondary N) is 2. The predicted octanol–water partition coefficient (Wildman–Crippen LogP) is 4.30. The van der Waals surface area contributed by atoms with E-state index < -0.39 is 6.04 Å². The number of carbonyl (C=O) groups excluding carboxylic acids is 1. The number of rotatable bonds is 5. The van der Waals surface area contributed by atoms with Crippen LogP contribution in [0, 0.1) is 0 Å². The second kappa shape index (κ2) is 7.26. The molecule has 4 N–H and O–H groups in total. The maximum Gasteiger partial charge on any atom is 0.277 e. The minimum atomic E-state index is -0.461. The van der Waals surface area contributed by atoms with Gasteiger partial charge in [-0.05, 0) is 36.2 Å². The molecule has 0 aliphatic carbocycles. The molecule has 0 bridgehead atoms. The van der Waals surface area contributed by atoms with Crippen LogP contribution in [0.3, 0.4) is 0 Å². The zero-order valence-electron chi connectivity index (χ0n) is 14.3. The Morgan fingerprint density at radius 2 is 2.11 bits per heavy atom. The highest BCUT2D eigenvalue weighted by molar-refractivity contribution is 6.30. The van der Waals surface area contributed by atoms with Crippen LogP contribution in [-0.4, -0.2) is 15.9 Å². The van der Waals surface area contributed by atoms with E-state index in [9.17, 15) is 4.79 Å². The second-order valence-corrected chi connectivity index (χ2v) is 6.64. The molecule has 0 aliphatic heterocycles. The summed E-state index contributed by atoms with van der Waals surface area (Å²) in [5.74, 6) is -0.0666. The fourth-order valence-corrected chi connectivity index (χ4v) is 3.14. The van der Waals surface area contributed by atoms with Gasteiger partial charge in [0.15, 0.2) is 5.69 Å². The number of hydrogen-bond donors (Lipinski definition) is 3. The van der Waals surface area contributed by atoms with Gasteiger partial charge in [0.25, 0.3) is 5.91 Å². The largest absolute Gasteiger partial charge is 0.446 e. The van der Waals surface area contributed by atoms with Crippen LogP contribution < -0.4 is 11.1 Å². The molecule has 0 radical (unpaired) electrons. The minimum Gasteiger partial charge on any atom is -0.446 e. The molecule has 4 aromatic rings. The smallest absolute Gasteiger partial charge is 0.277 e. The number of anilines is 1. The molecule has 1 atom stereocenters. The highest BCUT2D eigenvalue weighted by Gasteiger charge is 2.19. The summed E-state index contributed by atoms with van der Waals surface area (Å²) in [5, 5.41) is 4.38. The third kappa shape index (κ3) is 3.72. The Morgan fingerprint density at radius 3 is 2.96 bits per heavy atom. The van der Waals surface area contributed by atoms with Gasteiger partial charge in [0, 0.05) is 27.8 Å². The first kappa shape index (κ1) is 17.3. The van der Waals surface area contributed by atoms with Gasteiger partial charge in [-0.25, -0.2) is 4.98 Å². The molecule has 0 fully saturated rings. The normalized spacial score (nSPS) is 12.2. The number of aromatic amines is 1. The van der Waals surface area contributed by atoms with Crippen molar-refractivity contribution in [3.05, 3.63) is 83.2 Å².